The molecular formula is C16H27NO3. The quantitative estimate of drug-likeness (QED) is 0.397. The van der Waals surface area contributed by atoms with E-state index in [2.05, 4.69) is 21.1 Å². The van der Waals surface area contributed by atoms with Gasteiger partial charge in [-0.2, -0.15) is 0 Å². The van der Waals surface area contributed by atoms with Crippen molar-refractivity contribution in [1.29, 1.82) is 0 Å². The Morgan fingerprint density at radius 1 is 1.05 bits per heavy atom. The number of unbranched alkanes of at least 4 members (excludes halogenated alkanes) is 1. The van der Waals surface area contributed by atoms with E-state index in [-0.39, 0.29) is 11.3 Å². The molecule has 4 heteroatoms. The van der Waals surface area contributed by atoms with Gasteiger partial charge in [-0.3, -0.25) is 4.79 Å². The van der Waals surface area contributed by atoms with Crippen molar-refractivity contribution in [3.63, 3.8) is 0 Å². The molecule has 0 fully saturated rings. The average Bonchev–Trinajstić information content (AvgIpc) is 2.37. The van der Waals surface area contributed by atoms with Gasteiger partial charge in [0.25, 0.3) is 0 Å². The number of benzene rings is 1. The van der Waals surface area contributed by atoms with E-state index < -0.39 is 0 Å². The SMILES string of the molecule is C[N+](C)(C)CCOCCCCC(=O)c1ccccc1.[OH-]. The van der Waals surface area contributed by atoms with Crippen LogP contribution in [0, 0.1) is 0 Å². The Morgan fingerprint density at radius 2 is 1.70 bits per heavy atom. The molecule has 114 valence electrons. The van der Waals surface area contributed by atoms with Crippen LogP contribution in [0.4, 0.5) is 0 Å². The van der Waals surface area contributed by atoms with Gasteiger partial charge >= 0.3 is 0 Å². The smallest absolute Gasteiger partial charge is 0.162 e. The summed E-state index contributed by atoms with van der Waals surface area (Å²) in [5, 5.41) is 0. The molecule has 0 unspecified atom stereocenters. The predicted octanol–water partition coefficient (Wildman–Crippen LogP) is 2.59. The van der Waals surface area contributed by atoms with Gasteiger partial charge in [-0.25, -0.2) is 0 Å². The molecule has 0 aliphatic rings. The zero-order valence-corrected chi connectivity index (χ0v) is 12.8. The summed E-state index contributed by atoms with van der Waals surface area (Å²) in [7, 11) is 6.46. The van der Waals surface area contributed by atoms with E-state index in [1.165, 1.54) is 0 Å². The summed E-state index contributed by atoms with van der Waals surface area (Å²) < 4.78 is 6.49. The van der Waals surface area contributed by atoms with Crippen molar-refractivity contribution in [3.8, 4) is 0 Å². The first-order valence-electron chi connectivity index (χ1n) is 6.95. The molecular weight excluding hydrogens is 254 g/mol. The van der Waals surface area contributed by atoms with E-state index >= 15 is 0 Å². The minimum absolute atomic E-state index is 0. The van der Waals surface area contributed by atoms with Crippen LogP contribution in [0.5, 0.6) is 0 Å². The van der Waals surface area contributed by atoms with Gasteiger partial charge in [0.05, 0.1) is 27.7 Å². The first-order valence-corrected chi connectivity index (χ1v) is 6.95. The maximum atomic E-state index is 11.8. The van der Waals surface area contributed by atoms with Crippen LogP contribution in [0.1, 0.15) is 29.6 Å². The number of quaternary nitrogens is 1. The van der Waals surface area contributed by atoms with Gasteiger partial charge in [-0.15, -0.1) is 0 Å². The van der Waals surface area contributed by atoms with E-state index in [4.69, 9.17) is 4.74 Å². The minimum Gasteiger partial charge on any atom is -0.870 e. The molecule has 20 heavy (non-hydrogen) atoms. The molecule has 0 amide bonds. The Balaban J connectivity index is 0.00000361. The first kappa shape index (κ1) is 18.8. The third-order valence-corrected chi connectivity index (χ3v) is 2.94. The topological polar surface area (TPSA) is 56.3 Å². The Hall–Kier alpha value is -1.23. The van der Waals surface area contributed by atoms with Gasteiger partial charge < -0.3 is 14.7 Å². The molecule has 4 nitrogen and oxygen atoms in total. The Bertz CT molecular complexity index is 371. The van der Waals surface area contributed by atoms with Crippen molar-refractivity contribution < 1.29 is 19.5 Å². The Kier molecular flexibility index (Phi) is 9.05. The lowest BCUT2D eigenvalue weighted by atomic mass is 10.1. The van der Waals surface area contributed by atoms with Gasteiger partial charge in [-0.05, 0) is 12.8 Å². The molecule has 1 rings (SSSR count). The lowest BCUT2D eigenvalue weighted by molar-refractivity contribution is -0.870. The summed E-state index contributed by atoms with van der Waals surface area (Å²) in [5.41, 5.74) is 0.813. The summed E-state index contributed by atoms with van der Waals surface area (Å²) in [4.78, 5) is 11.8. The molecule has 0 saturated heterocycles. The number of ketones is 1. The average molecular weight is 281 g/mol. The van der Waals surface area contributed by atoms with Gasteiger partial charge in [-0.1, -0.05) is 30.3 Å². The third-order valence-electron chi connectivity index (χ3n) is 2.94. The van der Waals surface area contributed by atoms with Gasteiger partial charge in [0.1, 0.15) is 6.54 Å². The number of carbonyl (C=O) groups is 1. The molecule has 0 atom stereocenters. The standard InChI is InChI=1S/C16H26NO2.H2O/c1-17(2,3)12-14-19-13-8-7-11-16(18)15-9-5-4-6-10-15;/h4-6,9-10H,7-8,11-14H2,1-3H3;1H2/q+1;/p-1. The maximum Gasteiger partial charge on any atom is 0.162 e. The van der Waals surface area contributed by atoms with Crippen LogP contribution in [0.3, 0.4) is 0 Å². The number of hydrogen-bond acceptors (Lipinski definition) is 3. The molecule has 1 aromatic rings. The fourth-order valence-corrected chi connectivity index (χ4v) is 1.70. The van der Waals surface area contributed by atoms with E-state index in [0.717, 1.165) is 42.6 Å². The molecule has 0 aliphatic heterocycles. The van der Waals surface area contributed by atoms with E-state index in [1.807, 2.05) is 30.3 Å². The summed E-state index contributed by atoms with van der Waals surface area (Å²) in [6.07, 6.45) is 2.47. The second kappa shape index (κ2) is 9.64. The highest BCUT2D eigenvalue weighted by Gasteiger charge is 2.06. The summed E-state index contributed by atoms with van der Waals surface area (Å²) in [6.45, 7) is 2.56. The molecule has 0 aromatic heterocycles. The normalized spacial score (nSPS) is 10.9. The summed E-state index contributed by atoms with van der Waals surface area (Å²) >= 11 is 0. The summed E-state index contributed by atoms with van der Waals surface area (Å²) in [5.74, 6) is 0.229. The monoisotopic (exact) mass is 281 g/mol. The van der Waals surface area contributed by atoms with E-state index in [0.29, 0.717) is 6.42 Å². The molecule has 1 N–H and O–H groups in total. The van der Waals surface area contributed by atoms with Crippen LogP contribution in [-0.2, 0) is 4.74 Å². The van der Waals surface area contributed by atoms with Crippen LogP contribution in [0.15, 0.2) is 30.3 Å². The zero-order valence-electron chi connectivity index (χ0n) is 12.8. The van der Waals surface area contributed by atoms with Gasteiger partial charge in [0.2, 0.25) is 0 Å². The van der Waals surface area contributed by atoms with Crippen LogP contribution in [0.2, 0.25) is 0 Å². The van der Waals surface area contributed by atoms with Crippen LogP contribution in [0.25, 0.3) is 0 Å². The molecule has 0 radical (unpaired) electrons. The lowest BCUT2D eigenvalue weighted by Crippen LogP contribution is -2.37. The van der Waals surface area contributed by atoms with E-state index in [9.17, 15) is 4.79 Å². The minimum atomic E-state index is 0. The first-order chi connectivity index (χ1) is 8.99. The van der Waals surface area contributed by atoms with Crippen LogP contribution < -0.4 is 0 Å². The molecule has 0 bridgehead atoms. The van der Waals surface area contributed by atoms with Crippen molar-refractivity contribution in [2.24, 2.45) is 0 Å². The number of nitrogens with zero attached hydrogens (tertiary/aromatic N) is 1. The van der Waals surface area contributed by atoms with E-state index in [1.54, 1.807) is 0 Å². The van der Waals surface area contributed by atoms with Crippen LogP contribution >= 0.6 is 0 Å². The number of Topliss-reactive ketones (excluding diaryl/α,β-unsaturated/α-hetero) is 1. The number of rotatable bonds is 9. The van der Waals surface area contributed by atoms with Gasteiger partial charge in [0, 0.05) is 18.6 Å². The fourth-order valence-electron chi connectivity index (χ4n) is 1.70. The number of ether oxygens (including phenoxy) is 1. The Morgan fingerprint density at radius 3 is 2.30 bits per heavy atom. The highest BCUT2D eigenvalue weighted by molar-refractivity contribution is 5.95. The molecule has 0 aliphatic carbocycles. The number of likely N-dealkylation sites (N-methyl/N-ethyl adjacent to an activating group) is 1. The highest BCUT2D eigenvalue weighted by atomic mass is 16.5. The molecule has 0 heterocycles. The van der Waals surface area contributed by atoms with Crippen molar-refractivity contribution in [1.82, 2.24) is 0 Å². The highest BCUT2D eigenvalue weighted by Crippen LogP contribution is 2.06. The van der Waals surface area contributed by atoms with Crippen molar-refractivity contribution in [2.75, 3.05) is 40.9 Å². The number of hydrogen-bond donors (Lipinski definition) is 0. The Labute approximate surface area is 122 Å². The molecule has 1 aromatic carbocycles. The second-order valence-electron chi connectivity index (χ2n) is 5.87. The van der Waals surface area contributed by atoms with Crippen LogP contribution in [-0.4, -0.2) is 56.6 Å². The lowest BCUT2D eigenvalue weighted by Gasteiger charge is -2.23. The van der Waals surface area contributed by atoms with Gasteiger partial charge in [0.15, 0.2) is 5.78 Å². The zero-order chi connectivity index (χ0) is 14.1. The van der Waals surface area contributed by atoms with Crippen molar-refractivity contribution >= 4 is 5.78 Å². The van der Waals surface area contributed by atoms with Crippen molar-refractivity contribution in [2.45, 2.75) is 19.3 Å². The number of carbonyl (C=O) groups excluding carboxylic acids is 1. The third kappa shape index (κ3) is 8.80. The second-order valence-corrected chi connectivity index (χ2v) is 5.87. The molecule has 0 saturated carbocycles. The van der Waals surface area contributed by atoms with Crippen molar-refractivity contribution in [3.05, 3.63) is 35.9 Å². The largest absolute Gasteiger partial charge is 0.870 e. The molecule has 0 spiro atoms. The fraction of sp³-hybridized carbons (Fsp3) is 0.562. The maximum absolute atomic E-state index is 11.8. The predicted molar refractivity (Wildman–Crippen MR) is 80.3 cm³/mol. The summed E-state index contributed by atoms with van der Waals surface area (Å²) in [6, 6.07) is 9.49.